The number of aromatic nitrogens is 2. The number of anilines is 4. The predicted octanol–water partition coefficient (Wildman–Crippen LogP) is 1.79. The highest BCUT2D eigenvalue weighted by molar-refractivity contribution is 6.01. The first kappa shape index (κ1) is 25.0. The van der Waals surface area contributed by atoms with Gasteiger partial charge in [0, 0.05) is 48.5 Å². The van der Waals surface area contributed by atoms with Crippen LogP contribution in [0.25, 0.3) is 10.8 Å². The number of likely N-dealkylation sites (N-methyl/N-ethyl adjacent to an activating group) is 1. The van der Waals surface area contributed by atoms with Crippen LogP contribution in [0, 0.1) is 0 Å². The SMILES string of the molecule is CN(C(=O)[C@H]1CCCN1)c1c(NC(Cc2ccc(Nc3nccc4cnccc34)cc2)C(=O)O)c(=O)c1=O. The number of amides is 1. The van der Waals surface area contributed by atoms with E-state index < -0.39 is 28.9 Å². The van der Waals surface area contributed by atoms with E-state index in [0.717, 1.165) is 27.8 Å². The Morgan fingerprint density at radius 2 is 1.92 bits per heavy atom. The lowest BCUT2D eigenvalue weighted by atomic mass is 10.0. The van der Waals surface area contributed by atoms with Gasteiger partial charge in [0.05, 0.1) is 6.04 Å². The van der Waals surface area contributed by atoms with Crippen LogP contribution in [0.2, 0.25) is 0 Å². The lowest BCUT2D eigenvalue weighted by molar-refractivity contribution is -0.137. The molecular formula is C27H26N6O5. The van der Waals surface area contributed by atoms with E-state index in [9.17, 15) is 24.3 Å². The molecule has 0 aliphatic carbocycles. The highest BCUT2D eigenvalue weighted by atomic mass is 16.4. The second-order valence-electron chi connectivity index (χ2n) is 9.25. The molecular weight excluding hydrogens is 488 g/mol. The summed E-state index contributed by atoms with van der Waals surface area (Å²) in [5, 5.41) is 20.7. The number of hydrogen-bond donors (Lipinski definition) is 4. The van der Waals surface area contributed by atoms with Crippen molar-refractivity contribution >= 4 is 45.5 Å². The normalized spacial score (nSPS) is 15.9. The lowest BCUT2D eigenvalue weighted by Crippen LogP contribution is -2.49. The molecule has 1 unspecified atom stereocenters. The van der Waals surface area contributed by atoms with Crippen LogP contribution in [0.5, 0.6) is 0 Å². The van der Waals surface area contributed by atoms with Gasteiger partial charge in [-0.15, -0.1) is 0 Å². The Kier molecular flexibility index (Phi) is 6.84. The summed E-state index contributed by atoms with van der Waals surface area (Å²) in [7, 11) is 1.42. The first-order valence-electron chi connectivity index (χ1n) is 12.2. The molecule has 1 aliphatic rings. The average molecular weight is 515 g/mol. The molecule has 11 nitrogen and oxygen atoms in total. The summed E-state index contributed by atoms with van der Waals surface area (Å²) in [5.74, 6) is -0.849. The number of hydrogen-bond acceptors (Lipinski definition) is 9. The number of rotatable bonds is 9. The summed E-state index contributed by atoms with van der Waals surface area (Å²) in [5.41, 5.74) is -0.425. The van der Waals surface area contributed by atoms with Crippen molar-refractivity contribution in [2.75, 3.05) is 29.1 Å². The molecule has 38 heavy (non-hydrogen) atoms. The number of benzene rings is 1. The maximum Gasteiger partial charge on any atom is 0.326 e. The maximum atomic E-state index is 12.7. The van der Waals surface area contributed by atoms with E-state index in [1.807, 2.05) is 12.1 Å². The van der Waals surface area contributed by atoms with Gasteiger partial charge in [-0.2, -0.15) is 0 Å². The van der Waals surface area contributed by atoms with Crippen LogP contribution in [0.15, 0.2) is 64.6 Å². The van der Waals surface area contributed by atoms with Crippen molar-refractivity contribution in [3.05, 3.63) is 81.0 Å². The van der Waals surface area contributed by atoms with E-state index in [0.29, 0.717) is 24.3 Å². The fourth-order valence-electron chi connectivity index (χ4n) is 4.66. The lowest BCUT2D eigenvalue weighted by Gasteiger charge is -2.26. The molecule has 0 saturated carbocycles. The van der Waals surface area contributed by atoms with Crippen molar-refractivity contribution in [2.45, 2.75) is 31.3 Å². The molecule has 194 valence electrons. The summed E-state index contributed by atoms with van der Waals surface area (Å²) in [4.78, 5) is 59.0. The monoisotopic (exact) mass is 514 g/mol. The molecule has 0 bridgehead atoms. The van der Waals surface area contributed by atoms with Crippen molar-refractivity contribution in [1.29, 1.82) is 0 Å². The number of nitrogens with one attached hydrogen (secondary N) is 3. The van der Waals surface area contributed by atoms with Gasteiger partial charge < -0.3 is 26.0 Å². The van der Waals surface area contributed by atoms with Gasteiger partial charge in [0.1, 0.15) is 23.2 Å². The molecule has 1 saturated heterocycles. The van der Waals surface area contributed by atoms with Crippen molar-refractivity contribution in [3.8, 4) is 0 Å². The van der Waals surface area contributed by atoms with Crippen LogP contribution in [-0.2, 0) is 16.0 Å². The standard InChI is InChI=1S/C27H26N6O5/c1-33(26(36)19-3-2-10-29-19)22-21(23(34)24(22)35)32-20(27(37)38)13-15-4-6-17(7-5-15)31-25-18-9-11-28-14-16(18)8-12-30-25/h4-9,11-12,14,19-20,29,32H,2-3,10,13H2,1H3,(H,30,31)(H,37,38)/t19-,20?/m1/s1. The predicted molar refractivity (Wildman–Crippen MR) is 144 cm³/mol. The fourth-order valence-corrected chi connectivity index (χ4v) is 4.66. The Hall–Kier alpha value is -4.64. The van der Waals surface area contributed by atoms with Crippen LogP contribution in [0.1, 0.15) is 18.4 Å². The summed E-state index contributed by atoms with van der Waals surface area (Å²) >= 11 is 0. The molecule has 0 spiro atoms. The zero-order valence-corrected chi connectivity index (χ0v) is 20.6. The minimum atomic E-state index is -1.19. The number of carbonyl (C=O) groups excluding carboxylic acids is 1. The largest absolute Gasteiger partial charge is 0.480 e. The number of pyridine rings is 2. The summed E-state index contributed by atoms with van der Waals surface area (Å²) in [6.45, 7) is 0.701. The summed E-state index contributed by atoms with van der Waals surface area (Å²) < 4.78 is 0. The molecule has 2 aromatic carbocycles. The molecule has 1 aliphatic heterocycles. The van der Waals surface area contributed by atoms with Gasteiger partial charge in [0.25, 0.3) is 10.9 Å². The highest BCUT2D eigenvalue weighted by Crippen LogP contribution is 2.25. The third-order valence-corrected chi connectivity index (χ3v) is 6.75. The van der Waals surface area contributed by atoms with E-state index in [4.69, 9.17) is 0 Å². The molecule has 4 N–H and O–H groups in total. The first-order valence-corrected chi connectivity index (χ1v) is 12.2. The molecule has 5 rings (SSSR count). The van der Waals surface area contributed by atoms with Gasteiger partial charge in [-0.1, -0.05) is 12.1 Å². The second-order valence-corrected chi connectivity index (χ2v) is 9.25. The minimum Gasteiger partial charge on any atom is -0.480 e. The minimum absolute atomic E-state index is 0.0495. The summed E-state index contributed by atoms with van der Waals surface area (Å²) in [6, 6.07) is 9.29. The third-order valence-electron chi connectivity index (χ3n) is 6.75. The molecule has 0 radical (unpaired) electrons. The van der Waals surface area contributed by atoms with Gasteiger partial charge >= 0.3 is 5.97 Å². The van der Waals surface area contributed by atoms with E-state index in [1.54, 1.807) is 42.9 Å². The van der Waals surface area contributed by atoms with Crippen LogP contribution in [0.4, 0.5) is 22.9 Å². The van der Waals surface area contributed by atoms with Crippen molar-refractivity contribution in [2.24, 2.45) is 0 Å². The number of carbonyl (C=O) groups is 2. The number of carboxylic acid groups (broad SMARTS) is 1. The molecule has 4 aromatic rings. The Morgan fingerprint density at radius 1 is 1.13 bits per heavy atom. The Bertz CT molecular complexity index is 1570. The second kappa shape index (κ2) is 10.4. The third kappa shape index (κ3) is 4.83. The summed E-state index contributed by atoms with van der Waals surface area (Å²) in [6.07, 6.45) is 6.66. The molecule has 11 heteroatoms. The topological polar surface area (TPSA) is 154 Å². The van der Waals surface area contributed by atoms with Crippen molar-refractivity contribution in [1.82, 2.24) is 15.3 Å². The van der Waals surface area contributed by atoms with Crippen molar-refractivity contribution in [3.63, 3.8) is 0 Å². The van der Waals surface area contributed by atoms with Gasteiger partial charge in [0.2, 0.25) is 5.91 Å². The zero-order valence-electron chi connectivity index (χ0n) is 20.6. The maximum absolute atomic E-state index is 12.7. The molecule has 3 heterocycles. The average Bonchev–Trinajstić information content (AvgIpc) is 3.47. The quantitative estimate of drug-likeness (QED) is 0.243. The Labute approximate surface area is 217 Å². The zero-order chi connectivity index (χ0) is 26.8. The van der Waals surface area contributed by atoms with E-state index >= 15 is 0 Å². The smallest absolute Gasteiger partial charge is 0.326 e. The van der Waals surface area contributed by atoms with Gasteiger partial charge in [-0.3, -0.25) is 19.4 Å². The van der Waals surface area contributed by atoms with Gasteiger partial charge in [-0.05, 0) is 49.2 Å². The van der Waals surface area contributed by atoms with E-state index in [1.165, 1.54) is 7.05 Å². The Balaban J connectivity index is 1.30. The molecule has 1 amide bonds. The Morgan fingerprint density at radius 3 is 2.63 bits per heavy atom. The van der Waals surface area contributed by atoms with Crippen LogP contribution < -0.4 is 31.7 Å². The van der Waals surface area contributed by atoms with Crippen LogP contribution in [0.3, 0.4) is 0 Å². The number of fused-ring (bicyclic) bond motifs is 1. The molecule has 2 atom stereocenters. The highest BCUT2D eigenvalue weighted by Gasteiger charge is 2.34. The number of nitrogens with zero attached hydrogens (tertiary/aromatic N) is 3. The molecule has 1 fully saturated rings. The molecule has 2 aromatic heterocycles. The van der Waals surface area contributed by atoms with Gasteiger partial charge in [0.15, 0.2) is 0 Å². The fraction of sp³-hybridized carbons (Fsp3) is 0.259. The first-order chi connectivity index (χ1) is 18.3. The van der Waals surface area contributed by atoms with Gasteiger partial charge in [-0.25, -0.2) is 9.78 Å². The van der Waals surface area contributed by atoms with Crippen molar-refractivity contribution < 1.29 is 14.7 Å². The van der Waals surface area contributed by atoms with E-state index in [-0.39, 0.29) is 23.7 Å². The van der Waals surface area contributed by atoms with Crippen LogP contribution >= 0.6 is 0 Å². The number of carboxylic acids is 1. The number of aliphatic carboxylic acids is 1. The van der Waals surface area contributed by atoms with Crippen LogP contribution in [-0.4, -0.2) is 52.6 Å². The van der Waals surface area contributed by atoms with E-state index in [2.05, 4.69) is 25.9 Å².